The molecule has 4 atom stereocenters. The van der Waals surface area contributed by atoms with Crippen molar-refractivity contribution in [3.05, 3.63) is 93.6 Å². The average Bonchev–Trinajstić information content (AvgIpc) is 3.35. The first-order valence-corrected chi connectivity index (χ1v) is 14.2. The highest BCUT2D eigenvalue weighted by atomic mass is 16.8. The third kappa shape index (κ3) is 8.44. The number of hydrogen-bond acceptors (Lipinski definition) is 8. The molecule has 2 fully saturated rings. The molecule has 9 heteroatoms. The number of carbonyl (C=O) groups excluding carboxylic acids is 1. The second-order valence-corrected chi connectivity index (χ2v) is 10.2. The maximum Gasteiger partial charge on any atom is 0.334 e. The van der Waals surface area contributed by atoms with Crippen molar-refractivity contribution in [2.24, 2.45) is 0 Å². The van der Waals surface area contributed by atoms with E-state index in [2.05, 4.69) is 6.92 Å². The Morgan fingerprint density at radius 3 is 2.52 bits per heavy atom. The van der Waals surface area contributed by atoms with Gasteiger partial charge in [0.2, 0.25) is 6.54 Å². The lowest BCUT2D eigenvalue weighted by molar-refractivity contribution is -0.479. The van der Waals surface area contributed by atoms with Crippen LogP contribution >= 0.6 is 0 Å². The van der Waals surface area contributed by atoms with E-state index < -0.39 is 35.4 Å². The summed E-state index contributed by atoms with van der Waals surface area (Å²) in [5, 5.41) is 11.2. The Labute approximate surface area is 235 Å². The van der Waals surface area contributed by atoms with E-state index >= 15 is 0 Å². The summed E-state index contributed by atoms with van der Waals surface area (Å²) in [4.78, 5) is 24.0. The lowest BCUT2D eigenvalue weighted by Gasteiger charge is -2.29. The number of carbonyl (C=O) groups is 1. The van der Waals surface area contributed by atoms with Crippen molar-refractivity contribution in [3.63, 3.8) is 0 Å². The van der Waals surface area contributed by atoms with E-state index in [1.807, 2.05) is 60.7 Å². The molecule has 2 aliphatic rings. The molecule has 0 aliphatic carbocycles. The molecule has 216 valence electrons. The fourth-order valence-corrected chi connectivity index (χ4v) is 4.93. The quantitative estimate of drug-likeness (QED) is 0.127. The predicted molar refractivity (Wildman–Crippen MR) is 148 cm³/mol. The molecule has 2 aromatic carbocycles. The lowest BCUT2D eigenvalue weighted by atomic mass is 10.00. The van der Waals surface area contributed by atoms with Crippen molar-refractivity contribution < 1.29 is 33.4 Å². The average molecular weight is 554 g/mol. The van der Waals surface area contributed by atoms with Gasteiger partial charge in [-0.05, 0) is 37.3 Å². The van der Waals surface area contributed by atoms with Gasteiger partial charge in [0.15, 0.2) is 12.1 Å². The van der Waals surface area contributed by atoms with Crippen molar-refractivity contribution in [2.75, 3.05) is 19.8 Å². The second-order valence-electron chi connectivity index (χ2n) is 10.2. The summed E-state index contributed by atoms with van der Waals surface area (Å²) in [6.07, 6.45) is 5.21. The fraction of sp³-hybridized carbons (Fsp3) is 0.516. The summed E-state index contributed by atoms with van der Waals surface area (Å²) >= 11 is 0. The van der Waals surface area contributed by atoms with Crippen LogP contribution in [0, 0.1) is 10.1 Å². The second kappa shape index (κ2) is 15.0. The minimum absolute atomic E-state index is 0.0630. The summed E-state index contributed by atoms with van der Waals surface area (Å²) in [5.74, 6) is -1.66. The van der Waals surface area contributed by atoms with Crippen LogP contribution in [0.1, 0.15) is 63.0 Å². The van der Waals surface area contributed by atoms with Crippen molar-refractivity contribution in [3.8, 4) is 0 Å². The van der Waals surface area contributed by atoms with E-state index in [9.17, 15) is 14.9 Å². The van der Waals surface area contributed by atoms with Crippen LogP contribution in [0.4, 0.5) is 0 Å². The molecule has 0 N–H and O–H groups in total. The van der Waals surface area contributed by atoms with Gasteiger partial charge in [-0.2, -0.15) is 0 Å². The number of rotatable bonds is 14. The number of ether oxygens (including phenoxy) is 5. The zero-order valence-electron chi connectivity index (χ0n) is 23.1. The highest BCUT2D eigenvalue weighted by molar-refractivity contribution is 5.88. The molecule has 2 heterocycles. The van der Waals surface area contributed by atoms with Gasteiger partial charge in [0.05, 0.1) is 6.61 Å². The number of unbranched alkanes of at least 4 members (excludes halogenated alkanes) is 1. The van der Waals surface area contributed by atoms with Gasteiger partial charge in [-0.1, -0.05) is 74.0 Å². The largest absolute Gasteiger partial charge is 0.457 e. The molecule has 4 unspecified atom stereocenters. The van der Waals surface area contributed by atoms with Crippen LogP contribution in [0.3, 0.4) is 0 Å². The lowest BCUT2D eigenvalue weighted by Crippen LogP contribution is -2.32. The Bertz CT molecular complexity index is 1100. The van der Waals surface area contributed by atoms with E-state index in [4.69, 9.17) is 23.7 Å². The van der Waals surface area contributed by atoms with E-state index in [1.165, 1.54) is 0 Å². The summed E-state index contributed by atoms with van der Waals surface area (Å²) in [5.41, 5.74) is 1.88. The van der Waals surface area contributed by atoms with Crippen LogP contribution in [0.5, 0.6) is 0 Å². The first-order chi connectivity index (χ1) is 19.5. The van der Waals surface area contributed by atoms with Crippen LogP contribution in [0.2, 0.25) is 0 Å². The zero-order chi connectivity index (χ0) is 28.2. The third-order valence-electron chi connectivity index (χ3n) is 7.10. The van der Waals surface area contributed by atoms with Gasteiger partial charge in [-0.25, -0.2) is 4.79 Å². The maximum atomic E-state index is 13.2. The highest BCUT2D eigenvalue weighted by Gasteiger charge is 2.48. The van der Waals surface area contributed by atoms with Crippen LogP contribution < -0.4 is 0 Å². The van der Waals surface area contributed by atoms with E-state index in [0.29, 0.717) is 13.0 Å². The van der Waals surface area contributed by atoms with Crippen LogP contribution in [-0.2, 0) is 40.9 Å². The van der Waals surface area contributed by atoms with E-state index in [1.54, 1.807) is 6.08 Å². The van der Waals surface area contributed by atoms with Gasteiger partial charge >= 0.3 is 5.97 Å². The Kier molecular flexibility index (Phi) is 11.2. The maximum absolute atomic E-state index is 13.2. The van der Waals surface area contributed by atoms with Gasteiger partial charge in [0.1, 0.15) is 18.8 Å². The number of hydrogen-bond donors (Lipinski definition) is 0. The molecule has 2 aromatic rings. The van der Waals surface area contributed by atoms with E-state index in [0.717, 1.165) is 43.2 Å². The smallest absolute Gasteiger partial charge is 0.334 e. The normalized spacial score (nSPS) is 25.0. The summed E-state index contributed by atoms with van der Waals surface area (Å²) < 4.78 is 30.7. The van der Waals surface area contributed by atoms with Gasteiger partial charge in [-0.3, -0.25) is 10.1 Å². The number of nitro groups is 1. The molecule has 0 radical (unpaired) electrons. The zero-order valence-corrected chi connectivity index (χ0v) is 23.1. The SMILES string of the molecule is CCCCC1(c2ccccc2)OC(C=C(CC[N+](=O)[O-])C(=O)OCc2ccccc2)C(COC2CCCCO2)O1. The molecule has 0 aromatic heterocycles. The number of esters is 1. The monoisotopic (exact) mass is 553 g/mol. The topological polar surface area (TPSA) is 106 Å². The molecule has 0 amide bonds. The minimum atomic E-state index is -1.04. The van der Waals surface area contributed by atoms with Gasteiger partial charge in [0, 0.05) is 35.5 Å². The van der Waals surface area contributed by atoms with Crippen molar-refractivity contribution in [2.45, 2.75) is 82.8 Å². The highest BCUT2D eigenvalue weighted by Crippen LogP contribution is 2.43. The Morgan fingerprint density at radius 2 is 1.85 bits per heavy atom. The molecule has 4 rings (SSSR count). The van der Waals surface area contributed by atoms with Gasteiger partial charge in [0.25, 0.3) is 0 Å². The Morgan fingerprint density at radius 1 is 1.10 bits per heavy atom. The molecule has 0 spiro atoms. The molecule has 2 aliphatic heterocycles. The molecule has 0 bridgehead atoms. The molecular weight excluding hydrogens is 514 g/mol. The molecule has 2 saturated heterocycles. The van der Waals surface area contributed by atoms with Crippen LogP contribution in [-0.4, -0.2) is 49.1 Å². The van der Waals surface area contributed by atoms with Crippen molar-refractivity contribution >= 4 is 5.97 Å². The van der Waals surface area contributed by atoms with Gasteiger partial charge in [-0.15, -0.1) is 0 Å². The summed E-state index contributed by atoms with van der Waals surface area (Å²) in [6, 6.07) is 19.0. The molecular formula is C31H39NO8. The predicted octanol–water partition coefficient (Wildman–Crippen LogP) is 5.69. The van der Waals surface area contributed by atoms with Crippen molar-refractivity contribution in [1.82, 2.24) is 0 Å². The fourth-order valence-electron chi connectivity index (χ4n) is 4.93. The molecule has 40 heavy (non-hydrogen) atoms. The molecule has 0 saturated carbocycles. The summed E-state index contributed by atoms with van der Waals surface area (Å²) in [7, 11) is 0. The standard InChI is InChI=1S/C31H39NO8/c1-2-3-18-31(26-14-8-5-9-15-26)39-27(28(40-31)23-37-29-16-10-11-20-36-29)21-25(17-19-32(34)35)30(33)38-22-24-12-6-4-7-13-24/h4-9,12-15,21,27-29H,2-3,10-11,16-20,22-23H2,1H3. The first kappa shape index (κ1) is 29.9. The molecule has 9 nitrogen and oxygen atoms in total. The van der Waals surface area contributed by atoms with Crippen molar-refractivity contribution in [1.29, 1.82) is 0 Å². The van der Waals surface area contributed by atoms with E-state index in [-0.39, 0.29) is 31.5 Å². The summed E-state index contributed by atoms with van der Waals surface area (Å²) in [6.45, 7) is 2.60. The number of benzene rings is 2. The minimum Gasteiger partial charge on any atom is -0.457 e. The van der Waals surface area contributed by atoms with Crippen LogP contribution in [0.25, 0.3) is 0 Å². The van der Waals surface area contributed by atoms with Gasteiger partial charge < -0.3 is 23.7 Å². The van der Waals surface area contributed by atoms with Crippen LogP contribution in [0.15, 0.2) is 72.3 Å². The third-order valence-corrected chi connectivity index (χ3v) is 7.10. The Hall–Kier alpha value is -3.11. The Balaban J connectivity index is 1.60. The number of nitrogens with zero attached hydrogens (tertiary/aromatic N) is 1. The first-order valence-electron chi connectivity index (χ1n) is 14.2.